The lowest BCUT2D eigenvalue weighted by Crippen LogP contribution is -2.43. The second-order valence-corrected chi connectivity index (χ2v) is 5.54. The predicted molar refractivity (Wildman–Crippen MR) is 72.8 cm³/mol. The molecule has 1 fully saturated rings. The second kappa shape index (κ2) is 8.86. The number of hydrogen-bond donors (Lipinski definition) is 2. The Morgan fingerprint density at radius 3 is 2.61 bits per heavy atom. The second-order valence-electron chi connectivity index (χ2n) is 5.54. The summed E-state index contributed by atoms with van der Waals surface area (Å²) in [5, 5.41) is 13.7. The molecule has 0 aromatic rings. The minimum absolute atomic E-state index is 0.469. The molecular weight excluding hydrogens is 230 g/mol. The van der Waals surface area contributed by atoms with Crippen LogP contribution in [-0.2, 0) is 9.47 Å². The van der Waals surface area contributed by atoms with Crippen molar-refractivity contribution in [2.75, 3.05) is 40.0 Å². The van der Waals surface area contributed by atoms with E-state index >= 15 is 0 Å². The first-order valence-electron chi connectivity index (χ1n) is 7.16. The van der Waals surface area contributed by atoms with Crippen molar-refractivity contribution in [3.63, 3.8) is 0 Å². The van der Waals surface area contributed by atoms with E-state index in [1.165, 1.54) is 0 Å². The van der Waals surface area contributed by atoms with Crippen molar-refractivity contribution >= 4 is 0 Å². The molecule has 1 aliphatic rings. The van der Waals surface area contributed by atoms with Crippen LogP contribution in [0.5, 0.6) is 0 Å². The first-order valence-corrected chi connectivity index (χ1v) is 7.16. The van der Waals surface area contributed by atoms with E-state index < -0.39 is 5.60 Å². The average molecular weight is 259 g/mol. The van der Waals surface area contributed by atoms with Gasteiger partial charge in [-0.1, -0.05) is 6.92 Å². The molecule has 0 aromatic heterocycles. The fourth-order valence-electron chi connectivity index (χ4n) is 2.34. The number of aliphatic hydroxyl groups is 1. The summed E-state index contributed by atoms with van der Waals surface area (Å²) in [6.45, 7) is 5.97. The van der Waals surface area contributed by atoms with Crippen molar-refractivity contribution < 1.29 is 14.6 Å². The molecular formula is C14H29NO3. The van der Waals surface area contributed by atoms with Gasteiger partial charge in [0, 0.05) is 20.3 Å². The zero-order valence-corrected chi connectivity index (χ0v) is 11.9. The molecule has 0 amide bonds. The summed E-state index contributed by atoms with van der Waals surface area (Å²) in [5.74, 6) is 0.777. The van der Waals surface area contributed by atoms with Crippen LogP contribution >= 0.6 is 0 Å². The van der Waals surface area contributed by atoms with Gasteiger partial charge in [-0.15, -0.1) is 0 Å². The van der Waals surface area contributed by atoms with Crippen LogP contribution in [-0.4, -0.2) is 50.7 Å². The molecule has 0 saturated heterocycles. The van der Waals surface area contributed by atoms with Gasteiger partial charge in [0.2, 0.25) is 0 Å². The van der Waals surface area contributed by atoms with Crippen LogP contribution in [0.25, 0.3) is 0 Å². The summed E-state index contributed by atoms with van der Waals surface area (Å²) in [4.78, 5) is 0. The lowest BCUT2D eigenvalue weighted by molar-refractivity contribution is -0.00647. The van der Waals surface area contributed by atoms with Crippen molar-refractivity contribution in [3.8, 4) is 0 Å². The summed E-state index contributed by atoms with van der Waals surface area (Å²) in [7, 11) is 1.68. The normalized spacial score (nSPS) is 28.5. The van der Waals surface area contributed by atoms with Crippen LogP contribution in [0.3, 0.4) is 0 Å². The predicted octanol–water partition coefficient (Wildman–Crippen LogP) is 1.57. The molecule has 4 nitrogen and oxygen atoms in total. The van der Waals surface area contributed by atoms with E-state index in [2.05, 4.69) is 12.2 Å². The molecule has 4 heteroatoms. The van der Waals surface area contributed by atoms with Crippen molar-refractivity contribution in [1.82, 2.24) is 5.32 Å². The topological polar surface area (TPSA) is 50.7 Å². The molecule has 0 bridgehead atoms. The minimum Gasteiger partial charge on any atom is -0.389 e. The monoisotopic (exact) mass is 259 g/mol. The van der Waals surface area contributed by atoms with Crippen molar-refractivity contribution in [2.24, 2.45) is 5.92 Å². The summed E-state index contributed by atoms with van der Waals surface area (Å²) in [6.07, 6.45) is 5.16. The quantitative estimate of drug-likeness (QED) is 0.617. The highest BCUT2D eigenvalue weighted by Gasteiger charge is 2.30. The Labute approximate surface area is 111 Å². The first kappa shape index (κ1) is 15.9. The molecule has 0 aliphatic heterocycles. The number of ether oxygens (including phenoxy) is 2. The summed E-state index contributed by atoms with van der Waals surface area (Å²) < 4.78 is 10.3. The van der Waals surface area contributed by atoms with E-state index in [9.17, 15) is 5.11 Å². The van der Waals surface area contributed by atoms with Gasteiger partial charge < -0.3 is 19.9 Å². The zero-order chi connectivity index (χ0) is 13.3. The van der Waals surface area contributed by atoms with Crippen LogP contribution in [0.15, 0.2) is 0 Å². The van der Waals surface area contributed by atoms with Crippen molar-refractivity contribution in [3.05, 3.63) is 0 Å². The SMILES string of the molecule is COCCOCCCNCC1(O)CCC(C)CC1. The van der Waals surface area contributed by atoms with Crippen LogP contribution in [0.1, 0.15) is 39.0 Å². The Morgan fingerprint density at radius 1 is 1.22 bits per heavy atom. The third-order valence-electron chi connectivity index (χ3n) is 3.73. The zero-order valence-electron chi connectivity index (χ0n) is 11.9. The van der Waals surface area contributed by atoms with E-state index in [1.54, 1.807) is 7.11 Å². The molecule has 1 rings (SSSR count). The van der Waals surface area contributed by atoms with Gasteiger partial charge in [-0.3, -0.25) is 0 Å². The minimum atomic E-state index is -0.469. The van der Waals surface area contributed by atoms with E-state index in [1.807, 2.05) is 0 Å². The molecule has 0 heterocycles. The maximum absolute atomic E-state index is 10.4. The Hall–Kier alpha value is -0.160. The maximum atomic E-state index is 10.4. The Morgan fingerprint density at radius 2 is 1.94 bits per heavy atom. The molecule has 0 aromatic carbocycles. The Balaban J connectivity index is 1.94. The van der Waals surface area contributed by atoms with E-state index in [4.69, 9.17) is 9.47 Å². The molecule has 108 valence electrons. The van der Waals surface area contributed by atoms with Crippen LogP contribution in [0.4, 0.5) is 0 Å². The van der Waals surface area contributed by atoms with E-state index in [0.29, 0.717) is 13.2 Å². The standard InChI is InChI=1S/C14H29NO3/c1-13-4-6-14(16,7-5-13)12-15-8-3-9-18-11-10-17-2/h13,15-16H,3-12H2,1-2H3. The molecule has 18 heavy (non-hydrogen) atoms. The maximum Gasteiger partial charge on any atom is 0.0771 e. The highest BCUT2D eigenvalue weighted by Crippen LogP contribution is 2.31. The molecule has 1 aliphatic carbocycles. The van der Waals surface area contributed by atoms with Gasteiger partial charge in [-0.25, -0.2) is 0 Å². The van der Waals surface area contributed by atoms with Gasteiger partial charge in [-0.2, -0.15) is 0 Å². The summed E-state index contributed by atoms with van der Waals surface area (Å²) in [5.41, 5.74) is -0.469. The van der Waals surface area contributed by atoms with Crippen LogP contribution in [0.2, 0.25) is 0 Å². The molecule has 1 saturated carbocycles. The third-order valence-corrected chi connectivity index (χ3v) is 3.73. The smallest absolute Gasteiger partial charge is 0.0771 e. The molecule has 2 N–H and O–H groups in total. The summed E-state index contributed by atoms with van der Waals surface area (Å²) in [6, 6.07) is 0. The Bertz CT molecular complexity index is 203. The van der Waals surface area contributed by atoms with Crippen LogP contribution in [0, 0.1) is 5.92 Å². The lowest BCUT2D eigenvalue weighted by atomic mass is 9.79. The first-order chi connectivity index (χ1) is 8.66. The number of rotatable bonds is 9. The Kier molecular flexibility index (Phi) is 7.82. The number of methoxy groups -OCH3 is 1. The molecule has 0 spiro atoms. The van der Waals surface area contributed by atoms with Gasteiger partial charge >= 0.3 is 0 Å². The molecule has 0 atom stereocenters. The fourth-order valence-corrected chi connectivity index (χ4v) is 2.34. The van der Waals surface area contributed by atoms with Crippen molar-refractivity contribution in [2.45, 2.75) is 44.6 Å². The third kappa shape index (κ3) is 6.69. The van der Waals surface area contributed by atoms with E-state index in [0.717, 1.165) is 57.7 Å². The van der Waals surface area contributed by atoms with Gasteiger partial charge in [0.1, 0.15) is 0 Å². The number of nitrogens with one attached hydrogen (secondary N) is 1. The van der Waals surface area contributed by atoms with Gasteiger partial charge in [0.15, 0.2) is 0 Å². The highest BCUT2D eigenvalue weighted by atomic mass is 16.5. The van der Waals surface area contributed by atoms with Gasteiger partial charge in [0.25, 0.3) is 0 Å². The summed E-state index contributed by atoms with van der Waals surface area (Å²) >= 11 is 0. The fraction of sp³-hybridized carbons (Fsp3) is 1.00. The average Bonchev–Trinajstić information content (AvgIpc) is 2.37. The van der Waals surface area contributed by atoms with Crippen LogP contribution < -0.4 is 5.32 Å². The molecule has 0 unspecified atom stereocenters. The van der Waals surface area contributed by atoms with Crippen molar-refractivity contribution in [1.29, 1.82) is 0 Å². The number of hydrogen-bond acceptors (Lipinski definition) is 4. The van der Waals surface area contributed by atoms with E-state index in [-0.39, 0.29) is 0 Å². The largest absolute Gasteiger partial charge is 0.389 e. The highest BCUT2D eigenvalue weighted by molar-refractivity contribution is 4.86. The lowest BCUT2D eigenvalue weighted by Gasteiger charge is -2.35. The molecule has 0 radical (unpaired) electrons. The van der Waals surface area contributed by atoms with Gasteiger partial charge in [0.05, 0.1) is 18.8 Å². The van der Waals surface area contributed by atoms with Gasteiger partial charge in [-0.05, 0) is 44.6 Å².